The first-order valence-corrected chi connectivity index (χ1v) is 8.16. The quantitative estimate of drug-likeness (QED) is 0.432. The van der Waals surface area contributed by atoms with Gasteiger partial charge < -0.3 is 8.85 Å². The highest BCUT2D eigenvalue weighted by molar-refractivity contribution is 6.44. The van der Waals surface area contributed by atoms with Crippen LogP contribution < -0.4 is 0 Å². The molecule has 0 aromatic heterocycles. The van der Waals surface area contributed by atoms with E-state index in [2.05, 4.69) is 34.3 Å². The first kappa shape index (κ1) is 15.9. The lowest BCUT2D eigenvalue weighted by Gasteiger charge is -2.16. The summed E-state index contributed by atoms with van der Waals surface area (Å²) in [5.41, 5.74) is 0. The molecule has 16 heavy (non-hydrogen) atoms. The first-order chi connectivity index (χ1) is 7.56. The molecular weight excluding hydrogens is 216 g/mol. The molecule has 3 heteroatoms. The van der Waals surface area contributed by atoms with E-state index in [1.165, 1.54) is 0 Å². The largest absolute Gasteiger partial charge is 0.396 e. The summed E-state index contributed by atoms with van der Waals surface area (Å²) in [7, 11) is -1.47. The highest BCUT2D eigenvalue weighted by atomic mass is 28.3. The normalized spacial score (nSPS) is 11.7. The summed E-state index contributed by atoms with van der Waals surface area (Å²) in [6.45, 7) is 14.3. The van der Waals surface area contributed by atoms with Crippen molar-refractivity contribution in [3.63, 3.8) is 0 Å². The number of hydrogen-bond acceptors (Lipinski definition) is 2. The molecule has 0 saturated heterocycles. The molecule has 0 amide bonds. The third kappa shape index (κ3) is 10.4. The third-order valence-corrected chi connectivity index (χ3v) is 4.29. The maximum atomic E-state index is 5.82. The Morgan fingerprint density at radius 3 is 1.75 bits per heavy atom. The predicted octanol–water partition coefficient (Wildman–Crippen LogP) is 3.52. The van der Waals surface area contributed by atoms with Gasteiger partial charge >= 0.3 is 9.28 Å². The van der Waals surface area contributed by atoms with E-state index in [1.807, 2.05) is 6.08 Å². The molecule has 0 unspecified atom stereocenters. The molecule has 0 aliphatic heterocycles. The molecule has 96 valence electrons. The topological polar surface area (TPSA) is 18.5 Å². The van der Waals surface area contributed by atoms with Crippen molar-refractivity contribution >= 4 is 9.28 Å². The molecule has 0 aromatic carbocycles. The van der Waals surface area contributed by atoms with Gasteiger partial charge in [-0.25, -0.2) is 0 Å². The third-order valence-electron chi connectivity index (χ3n) is 2.36. The Morgan fingerprint density at radius 2 is 1.44 bits per heavy atom. The minimum Gasteiger partial charge on any atom is -0.396 e. The van der Waals surface area contributed by atoms with Crippen molar-refractivity contribution in [1.82, 2.24) is 0 Å². The van der Waals surface area contributed by atoms with Gasteiger partial charge in [0.25, 0.3) is 0 Å². The molecule has 0 spiro atoms. The van der Waals surface area contributed by atoms with Crippen molar-refractivity contribution in [2.75, 3.05) is 13.2 Å². The summed E-state index contributed by atoms with van der Waals surface area (Å²) < 4.78 is 11.6. The molecule has 0 aliphatic rings. The molecule has 0 atom stereocenters. The van der Waals surface area contributed by atoms with Crippen LogP contribution in [0.2, 0.25) is 6.04 Å². The molecule has 0 N–H and O–H groups in total. The van der Waals surface area contributed by atoms with Crippen LogP contribution in [0.25, 0.3) is 0 Å². The molecule has 0 aliphatic carbocycles. The summed E-state index contributed by atoms with van der Waals surface area (Å²) in [4.78, 5) is 0. The van der Waals surface area contributed by atoms with Crippen LogP contribution in [0.1, 0.15) is 40.5 Å². The van der Waals surface area contributed by atoms with Gasteiger partial charge in [-0.1, -0.05) is 33.8 Å². The minimum absolute atomic E-state index is 0.703. The molecule has 0 bridgehead atoms. The fourth-order valence-electron chi connectivity index (χ4n) is 1.19. The molecule has 0 radical (unpaired) electrons. The van der Waals surface area contributed by atoms with Crippen LogP contribution in [0, 0.1) is 11.8 Å². The number of hydrogen-bond donors (Lipinski definition) is 0. The van der Waals surface area contributed by atoms with Crippen molar-refractivity contribution in [3.8, 4) is 0 Å². The van der Waals surface area contributed by atoms with Crippen LogP contribution >= 0.6 is 0 Å². The zero-order valence-electron chi connectivity index (χ0n) is 11.4. The van der Waals surface area contributed by atoms with Gasteiger partial charge in [0.15, 0.2) is 0 Å². The summed E-state index contributed by atoms with van der Waals surface area (Å²) >= 11 is 0. The van der Waals surface area contributed by atoms with Crippen molar-refractivity contribution in [2.45, 2.75) is 46.6 Å². The van der Waals surface area contributed by atoms with E-state index >= 15 is 0 Å². The predicted molar refractivity (Wildman–Crippen MR) is 73.0 cm³/mol. The second-order valence-electron chi connectivity index (χ2n) is 5.06. The average Bonchev–Trinajstić information content (AvgIpc) is 2.16. The molecule has 0 saturated carbocycles. The number of rotatable bonds is 10. The Morgan fingerprint density at radius 1 is 1.00 bits per heavy atom. The molecule has 2 nitrogen and oxygen atoms in total. The van der Waals surface area contributed by atoms with Gasteiger partial charge in [0.1, 0.15) is 0 Å². The lowest BCUT2D eigenvalue weighted by Crippen LogP contribution is -2.24. The second-order valence-corrected chi connectivity index (χ2v) is 7.06. The van der Waals surface area contributed by atoms with Crippen molar-refractivity contribution in [1.29, 1.82) is 0 Å². The van der Waals surface area contributed by atoms with E-state index in [-0.39, 0.29) is 0 Å². The summed E-state index contributed by atoms with van der Waals surface area (Å²) in [5.74, 6) is 1.41. The van der Waals surface area contributed by atoms with E-state index in [0.717, 1.165) is 32.1 Å². The zero-order valence-corrected chi connectivity index (χ0v) is 12.5. The molecule has 0 heterocycles. The van der Waals surface area contributed by atoms with Gasteiger partial charge in [-0.2, -0.15) is 0 Å². The van der Waals surface area contributed by atoms with Gasteiger partial charge in [0, 0.05) is 19.3 Å². The van der Waals surface area contributed by atoms with Crippen molar-refractivity contribution in [2.24, 2.45) is 11.8 Å². The molecule has 0 rings (SSSR count). The summed E-state index contributed by atoms with van der Waals surface area (Å²) in [6.07, 6.45) is 4.16. The van der Waals surface area contributed by atoms with Crippen molar-refractivity contribution < 1.29 is 8.85 Å². The Labute approximate surface area is 103 Å². The fourth-order valence-corrected chi connectivity index (χ4v) is 2.63. The van der Waals surface area contributed by atoms with E-state index < -0.39 is 9.28 Å². The van der Waals surface area contributed by atoms with Gasteiger partial charge in [-0.05, 0) is 24.7 Å². The van der Waals surface area contributed by atoms with Crippen LogP contribution in [0.5, 0.6) is 0 Å². The molecule has 0 fully saturated rings. The van der Waals surface area contributed by atoms with Crippen LogP contribution in [-0.2, 0) is 8.85 Å². The van der Waals surface area contributed by atoms with Crippen LogP contribution in [0.15, 0.2) is 12.7 Å². The van der Waals surface area contributed by atoms with Crippen LogP contribution in [-0.4, -0.2) is 22.5 Å². The zero-order chi connectivity index (χ0) is 12.4. The SMILES string of the molecule is C=CC[SiH](OCCC(C)C)OCCC(C)C. The van der Waals surface area contributed by atoms with E-state index in [4.69, 9.17) is 8.85 Å². The minimum atomic E-state index is -1.47. The summed E-state index contributed by atoms with van der Waals surface area (Å²) in [6, 6.07) is 0.913. The molecular formula is C13H28O2Si. The van der Waals surface area contributed by atoms with Crippen molar-refractivity contribution in [3.05, 3.63) is 12.7 Å². The van der Waals surface area contributed by atoms with E-state index in [0.29, 0.717) is 11.8 Å². The van der Waals surface area contributed by atoms with Gasteiger partial charge in [-0.15, -0.1) is 6.58 Å². The Hall–Kier alpha value is -0.123. The highest BCUT2D eigenvalue weighted by Gasteiger charge is 2.11. The van der Waals surface area contributed by atoms with Crippen LogP contribution in [0.3, 0.4) is 0 Å². The van der Waals surface area contributed by atoms with E-state index in [9.17, 15) is 0 Å². The smallest absolute Gasteiger partial charge is 0.325 e. The lowest BCUT2D eigenvalue weighted by molar-refractivity contribution is 0.182. The molecule has 0 aromatic rings. The monoisotopic (exact) mass is 244 g/mol. The highest BCUT2D eigenvalue weighted by Crippen LogP contribution is 2.06. The summed E-state index contributed by atoms with van der Waals surface area (Å²) in [5, 5.41) is 0. The Balaban J connectivity index is 3.65. The van der Waals surface area contributed by atoms with Gasteiger partial charge in [0.2, 0.25) is 0 Å². The Bertz CT molecular complexity index is 155. The maximum Gasteiger partial charge on any atom is 0.325 e. The van der Waals surface area contributed by atoms with Gasteiger partial charge in [0.05, 0.1) is 0 Å². The van der Waals surface area contributed by atoms with Gasteiger partial charge in [-0.3, -0.25) is 0 Å². The number of allylic oxidation sites excluding steroid dienone is 1. The van der Waals surface area contributed by atoms with E-state index in [1.54, 1.807) is 0 Å². The Kier molecular flexibility index (Phi) is 9.98. The maximum absolute atomic E-state index is 5.82. The fraction of sp³-hybridized carbons (Fsp3) is 0.846. The first-order valence-electron chi connectivity index (χ1n) is 6.40. The second kappa shape index (κ2) is 10.1. The van der Waals surface area contributed by atoms with Crippen LogP contribution in [0.4, 0.5) is 0 Å². The lowest BCUT2D eigenvalue weighted by atomic mass is 10.2. The standard InChI is InChI=1S/C13H28O2Si/c1-6-11-16(14-9-7-12(2)3)15-10-8-13(4)5/h6,12-13,16H,1,7-11H2,2-5H3. The average molecular weight is 244 g/mol.